The van der Waals surface area contributed by atoms with Crippen molar-refractivity contribution in [3.63, 3.8) is 0 Å². The SMILES string of the molecule is COc1ccc(Cn2c(=O)[nH]c3cc(C(=O)N4CCC(C(N)=O)CC4)ccc3c2=O)cc1. The molecule has 4 rings (SSSR count). The molecule has 2 heterocycles. The van der Waals surface area contributed by atoms with Crippen molar-refractivity contribution in [1.82, 2.24) is 14.5 Å². The lowest BCUT2D eigenvalue weighted by Gasteiger charge is -2.30. The lowest BCUT2D eigenvalue weighted by Crippen LogP contribution is -2.41. The maximum Gasteiger partial charge on any atom is 0.329 e. The van der Waals surface area contributed by atoms with Gasteiger partial charge in [-0.05, 0) is 48.7 Å². The Kier molecular flexibility index (Phi) is 5.81. The van der Waals surface area contributed by atoms with Crippen LogP contribution in [0, 0.1) is 5.92 Å². The fraction of sp³-hybridized carbons (Fsp3) is 0.304. The van der Waals surface area contributed by atoms with Gasteiger partial charge in [-0.3, -0.25) is 19.0 Å². The van der Waals surface area contributed by atoms with E-state index >= 15 is 0 Å². The summed E-state index contributed by atoms with van der Waals surface area (Å²) in [7, 11) is 1.57. The second-order valence-corrected chi connectivity index (χ2v) is 7.90. The van der Waals surface area contributed by atoms with Crippen LogP contribution in [0.25, 0.3) is 10.9 Å². The molecular weight excluding hydrogens is 412 g/mol. The van der Waals surface area contributed by atoms with Gasteiger partial charge in [0.15, 0.2) is 0 Å². The van der Waals surface area contributed by atoms with E-state index in [0.29, 0.717) is 48.1 Å². The Morgan fingerprint density at radius 1 is 1.09 bits per heavy atom. The number of aromatic nitrogens is 2. The molecule has 0 radical (unpaired) electrons. The van der Waals surface area contributed by atoms with Crippen molar-refractivity contribution < 1.29 is 14.3 Å². The summed E-state index contributed by atoms with van der Waals surface area (Å²) in [5, 5.41) is 0.321. The fourth-order valence-corrected chi connectivity index (χ4v) is 3.99. The van der Waals surface area contributed by atoms with E-state index < -0.39 is 11.2 Å². The van der Waals surface area contributed by atoms with Crippen LogP contribution in [0.4, 0.5) is 0 Å². The van der Waals surface area contributed by atoms with Crippen LogP contribution in [0.3, 0.4) is 0 Å². The van der Waals surface area contributed by atoms with E-state index in [1.165, 1.54) is 6.07 Å². The molecule has 1 aliphatic rings. The number of benzene rings is 2. The molecule has 3 aromatic rings. The molecule has 0 spiro atoms. The number of likely N-dealkylation sites (tertiary alicyclic amines) is 1. The third kappa shape index (κ3) is 4.14. The Morgan fingerprint density at radius 3 is 2.41 bits per heavy atom. The third-order valence-corrected chi connectivity index (χ3v) is 5.91. The molecule has 1 saturated heterocycles. The zero-order chi connectivity index (χ0) is 22.8. The molecule has 166 valence electrons. The molecule has 0 bridgehead atoms. The molecule has 1 aliphatic heterocycles. The number of methoxy groups -OCH3 is 1. The van der Waals surface area contributed by atoms with Crippen molar-refractivity contribution in [3.8, 4) is 5.75 Å². The number of rotatable bonds is 5. The first-order valence-corrected chi connectivity index (χ1v) is 10.4. The van der Waals surface area contributed by atoms with Crippen LogP contribution in [0.15, 0.2) is 52.1 Å². The highest BCUT2D eigenvalue weighted by atomic mass is 16.5. The van der Waals surface area contributed by atoms with Gasteiger partial charge >= 0.3 is 5.69 Å². The van der Waals surface area contributed by atoms with Gasteiger partial charge in [-0.2, -0.15) is 0 Å². The average molecular weight is 436 g/mol. The van der Waals surface area contributed by atoms with Gasteiger partial charge in [0, 0.05) is 24.6 Å². The van der Waals surface area contributed by atoms with Gasteiger partial charge in [0.2, 0.25) is 5.91 Å². The van der Waals surface area contributed by atoms with Crippen LogP contribution in [0.2, 0.25) is 0 Å². The molecule has 2 aromatic carbocycles. The topological polar surface area (TPSA) is 127 Å². The van der Waals surface area contributed by atoms with Crippen LogP contribution in [-0.4, -0.2) is 46.5 Å². The summed E-state index contributed by atoms with van der Waals surface area (Å²) in [6, 6.07) is 11.8. The minimum absolute atomic E-state index is 0.115. The Labute approximate surface area is 183 Å². The lowest BCUT2D eigenvalue weighted by atomic mass is 9.96. The Balaban J connectivity index is 1.59. The first kappa shape index (κ1) is 21.4. The fourth-order valence-electron chi connectivity index (χ4n) is 3.99. The van der Waals surface area contributed by atoms with E-state index in [1.54, 1.807) is 48.4 Å². The van der Waals surface area contributed by atoms with Gasteiger partial charge in [0.25, 0.3) is 11.5 Å². The molecule has 0 atom stereocenters. The number of fused-ring (bicyclic) bond motifs is 1. The zero-order valence-corrected chi connectivity index (χ0v) is 17.7. The third-order valence-electron chi connectivity index (χ3n) is 5.91. The Morgan fingerprint density at radius 2 is 1.78 bits per heavy atom. The van der Waals surface area contributed by atoms with Crippen LogP contribution in [-0.2, 0) is 11.3 Å². The van der Waals surface area contributed by atoms with E-state index in [0.717, 1.165) is 10.1 Å². The standard InChI is InChI=1S/C23H24N4O5/c1-32-17-5-2-14(3-6-17)13-27-22(30)18-7-4-16(12-19(18)25-23(27)31)21(29)26-10-8-15(9-11-26)20(24)28/h2-7,12,15H,8-11,13H2,1H3,(H2,24,28)(H,25,31). The lowest BCUT2D eigenvalue weighted by molar-refractivity contribution is -0.123. The van der Waals surface area contributed by atoms with Crippen molar-refractivity contribution in [1.29, 1.82) is 0 Å². The summed E-state index contributed by atoms with van der Waals surface area (Å²) in [5.41, 5.74) is 5.83. The van der Waals surface area contributed by atoms with Crippen LogP contribution >= 0.6 is 0 Å². The molecule has 1 fully saturated rings. The van der Waals surface area contributed by atoms with Crippen molar-refractivity contribution in [2.45, 2.75) is 19.4 Å². The Hall–Kier alpha value is -3.88. The van der Waals surface area contributed by atoms with Crippen molar-refractivity contribution >= 4 is 22.7 Å². The van der Waals surface area contributed by atoms with Crippen molar-refractivity contribution in [2.24, 2.45) is 11.7 Å². The number of hydrogen-bond donors (Lipinski definition) is 2. The summed E-state index contributed by atoms with van der Waals surface area (Å²) >= 11 is 0. The highest BCUT2D eigenvalue weighted by Crippen LogP contribution is 2.20. The first-order chi connectivity index (χ1) is 15.4. The number of H-pyrrole nitrogens is 1. The molecule has 9 nitrogen and oxygen atoms in total. The highest BCUT2D eigenvalue weighted by Gasteiger charge is 2.26. The van der Waals surface area contributed by atoms with E-state index in [4.69, 9.17) is 10.5 Å². The molecule has 0 aliphatic carbocycles. The second-order valence-electron chi connectivity index (χ2n) is 7.90. The summed E-state index contributed by atoms with van der Waals surface area (Å²) in [5.74, 6) is -0.0786. The predicted octanol–water partition coefficient (Wildman–Crippen LogP) is 1.08. The van der Waals surface area contributed by atoms with Crippen LogP contribution in [0.1, 0.15) is 28.8 Å². The monoisotopic (exact) mass is 436 g/mol. The Bertz CT molecular complexity index is 1280. The number of ether oxygens (including phenoxy) is 1. The van der Waals surface area contributed by atoms with Crippen LogP contribution < -0.4 is 21.7 Å². The number of piperidine rings is 1. The number of nitrogens with two attached hydrogens (primary N) is 1. The van der Waals surface area contributed by atoms with Crippen molar-refractivity contribution in [2.75, 3.05) is 20.2 Å². The van der Waals surface area contributed by atoms with Crippen molar-refractivity contribution in [3.05, 3.63) is 74.4 Å². The van der Waals surface area contributed by atoms with Gasteiger partial charge in [-0.1, -0.05) is 12.1 Å². The van der Waals surface area contributed by atoms with E-state index in [1.807, 2.05) is 0 Å². The van der Waals surface area contributed by atoms with Gasteiger partial charge in [-0.15, -0.1) is 0 Å². The summed E-state index contributed by atoms with van der Waals surface area (Å²) in [6.07, 6.45) is 1.06. The second kappa shape index (κ2) is 8.70. The van der Waals surface area contributed by atoms with E-state index in [9.17, 15) is 19.2 Å². The number of nitrogens with zero attached hydrogens (tertiary/aromatic N) is 2. The summed E-state index contributed by atoms with van der Waals surface area (Å²) in [6.45, 7) is 0.985. The normalized spacial score (nSPS) is 14.5. The minimum atomic E-state index is -0.551. The van der Waals surface area contributed by atoms with Gasteiger partial charge in [-0.25, -0.2) is 4.79 Å². The quantitative estimate of drug-likeness (QED) is 0.619. The number of primary amides is 1. The number of amides is 2. The highest BCUT2D eigenvalue weighted by molar-refractivity contribution is 5.97. The maximum atomic E-state index is 12.9. The number of aromatic amines is 1. The molecule has 9 heteroatoms. The number of nitrogens with one attached hydrogen (secondary N) is 1. The number of carbonyl (C=O) groups is 2. The molecule has 0 unspecified atom stereocenters. The zero-order valence-electron chi connectivity index (χ0n) is 17.7. The predicted molar refractivity (Wildman–Crippen MR) is 119 cm³/mol. The number of hydrogen-bond acceptors (Lipinski definition) is 5. The smallest absolute Gasteiger partial charge is 0.329 e. The molecule has 2 amide bonds. The maximum absolute atomic E-state index is 12.9. The summed E-state index contributed by atoms with van der Waals surface area (Å²) < 4.78 is 6.25. The van der Waals surface area contributed by atoms with E-state index in [-0.39, 0.29) is 24.3 Å². The molecule has 32 heavy (non-hydrogen) atoms. The van der Waals surface area contributed by atoms with Crippen LogP contribution in [0.5, 0.6) is 5.75 Å². The van der Waals surface area contributed by atoms with E-state index in [2.05, 4.69) is 4.98 Å². The largest absolute Gasteiger partial charge is 0.497 e. The summed E-state index contributed by atoms with van der Waals surface area (Å²) in [4.78, 5) is 54.1. The molecule has 3 N–H and O–H groups in total. The van der Waals surface area contributed by atoms with Gasteiger partial charge in [0.05, 0.1) is 24.6 Å². The van der Waals surface area contributed by atoms with Gasteiger partial charge < -0.3 is 20.4 Å². The molecule has 1 aromatic heterocycles. The first-order valence-electron chi connectivity index (χ1n) is 10.4. The average Bonchev–Trinajstić information content (AvgIpc) is 2.81. The minimum Gasteiger partial charge on any atom is -0.497 e. The van der Waals surface area contributed by atoms with Gasteiger partial charge in [0.1, 0.15) is 5.75 Å². The molecule has 0 saturated carbocycles. The number of carbonyl (C=O) groups excluding carboxylic acids is 2. The molecular formula is C23H24N4O5.